The zero-order chi connectivity index (χ0) is 13.1. The first-order chi connectivity index (χ1) is 8.58. The predicted molar refractivity (Wildman–Crippen MR) is 81.2 cm³/mol. The molecule has 5 heteroatoms. The average molecular weight is 420 g/mol. The Morgan fingerprint density at radius 1 is 1.22 bits per heavy atom. The molecular weight excluding hydrogens is 412 g/mol. The minimum absolute atomic E-state index is 0.177. The maximum absolute atomic E-state index is 13.6. The highest BCUT2D eigenvalue weighted by Gasteiger charge is 2.11. The third kappa shape index (κ3) is 3.08. The van der Waals surface area contributed by atoms with Crippen LogP contribution in [0.4, 0.5) is 10.1 Å². The largest absolute Gasteiger partial charge is 0.319 e. The van der Waals surface area contributed by atoms with Crippen LogP contribution in [0.5, 0.6) is 0 Å². The zero-order valence-electron chi connectivity index (χ0n) is 9.08. The van der Waals surface area contributed by atoms with Crippen molar-refractivity contribution in [1.29, 1.82) is 0 Å². The summed E-state index contributed by atoms with van der Waals surface area (Å²) in [6.07, 6.45) is 0. The molecule has 0 heterocycles. The molecule has 0 radical (unpaired) electrons. The first kappa shape index (κ1) is 13.5. The van der Waals surface area contributed by atoms with Gasteiger partial charge in [-0.05, 0) is 68.9 Å². The minimum Gasteiger partial charge on any atom is -0.319 e. The zero-order valence-corrected chi connectivity index (χ0v) is 12.8. The van der Waals surface area contributed by atoms with Crippen molar-refractivity contribution in [1.82, 2.24) is 0 Å². The molecule has 2 aromatic rings. The van der Waals surface area contributed by atoms with Crippen molar-refractivity contribution < 1.29 is 9.18 Å². The Bertz CT molecular complexity index is 603. The first-order valence-corrected chi connectivity index (χ1v) is 6.96. The standard InChI is InChI=1S/C13H8BrFINO/c14-10-4-2-1-3-9(10)13(18)17-12-6-5-8(16)7-11(12)15/h1-7H,(H,17,18). The Morgan fingerprint density at radius 3 is 2.61 bits per heavy atom. The summed E-state index contributed by atoms with van der Waals surface area (Å²) in [4.78, 5) is 12.0. The van der Waals surface area contributed by atoms with Crippen molar-refractivity contribution in [3.05, 3.63) is 61.9 Å². The third-order valence-electron chi connectivity index (χ3n) is 2.30. The van der Waals surface area contributed by atoms with Crippen LogP contribution >= 0.6 is 38.5 Å². The minimum atomic E-state index is -0.442. The first-order valence-electron chi connectivity index (χ1n) is 5.09. The van der Waals surface area contributed by atoms with Crippen LogP contribution in [-0.2, 0) is 0 Å². The van der Waals surface area contributed by atoms with E-state index >= 15 is 0 Å². The van der Waals surface area contributed by atoms with Gasteiger partial charge in [-0.15, -0.1) is 0 Å². The molecule has 0 saturated heterocycles. The fraction of sp³-hybridized carbons (Fsp3) is 0. The van der Waals surface area contributed by atoms with E-state index in [4.69, 9.17) is 0 Å². The van der Waals surface area contributed by atoms with E-state index in [0.717, 1.165) is 3.57 Å². The van der Waals surface area contributed by atoms with E-state index in [2.05, 4.69) is 21.2 Å². The van der Waals surface area contributed by atoms with Crippen molar-refractivity contribution in [3.63, 3.8) is 0 Å². The van der Waals surface area contributed by atoms with E-state index in [1.807, 2.05) is 28.7 Å². The van der Waals surface area contributed by atoms with Gasteiger partial charge in [0.1, 0.15) is 5.82 Å². The van der Waals surface area contributed by atoms with Crippen molar-refractivity contribution in [2.45, 2.75) is 0 Å². The van der Waals surface area contributed by atoms with Crippen LogP contribution in [0.2, 0.25) is 0 Å². The average Bonchev–Trinajstić information content (AvgIpc) is 2.33. The number of benzene rings is 2. The number of hydrogen-bond donors (Lipinski definition) is 1. The fourth-order valence-corrected chi connectivity index (χ4v) is 2.34. The second-order valence-electron chi connectivity index (χ2n) is 3.56. The lowest BCUT2D eigenvalue weighted by atomic mass is 10.2. The highest BCUT2D eigenvalue weighted by molar-refractivity contribution is 14.1. The van der Waals surface area contributed by atoms with Gasteiger partial charge in [0.15, 0.2) is 0 Å². The molecule has 2 rings (SSSR count). The van der Waals surface area contributed by atoms with Crippen LogP contribution in [-0.4, -0.2) is 5.91 Å². The Kier molecular flexibility index (Phi) is 4.34. The van der Waals surface area contributed by atoms with Gasteiger partial charge in [0.05, 0.1) is 11.3 Å². The summed E-state index contributed by atoms with van der Waals surface area (Å²) in [5.41, 5.74) is 0.645. The fourth-order valence-electron chi connectivity index (χ4n) is 1.43. The topological polar surface area (TPSA) is 29.1 Å². The third-order valence-corrected chi connectivity index (χ3v) is 3.66. The number of halogens is 3. The van der Waals surface area contributed by atoms with Crippen molar-refractivity contribution in [2.24, 2.45) is 0 Å². The van der Waals surface area contributed by atoms with Crippen LogP contribution in [0.1, 0.15) is 10.4 Å². The van der Waals surface area contributed by atoms with Gasteiger partial charge in [-0.25, -0.2) is 4.39 Å². The molecule has 0 aliphatic heterocycles. The van der Waals surface area contributed by atoms with Crippen LogP contribution in [0.3, 0.4) is 0 Å². The van der Waals surface area contributed by atoms with Crippen LogP contribution in [0.25, 0.3) is 0 Å². The maximum atomic E-state index is 13.6. The molecule has 92 valence electrons. The van der Waals surface area contributed by atoms with Gasteiger partial charge in [0, 0.05) is 8.04 Å². The quantitative estimate of drug-likeness (QED) is 0.716. The number of nitrogens with one attached hydrogen (secondary N) is 1. The van der Waals surface area contributed by atoms with E-state index in [0.29, 0.717) is 10.0 Å². The van der Waals surface area contributed by atoms with Crippen molar-refractivity contribution in [3.8, 4) is 0 Å². The van der Waals surface area contributed by atoms with Crippen LogP contribution in [0, 0.1) is 9.39 Å². The molecule has 0 aliphatic rings. The highest BCUT2D eigenvalue weighted by atomic mass is 127. The molecule has 0 aromatic heterocycles. The van der Waals surface area contributed by atoms with Gasteiger partial charge in [0.25, 0.3) is 5.91 Å². The summed E-state index contributed by atoms with van der Waals surface area (Å²) in [6.45, 7) is 0. The number of carbonyl (C=O) groups is 1. The molecule has 1 N–H and O–H groups in total. The Morgan fingerprint density at radius 2 is 1.94 bits per heavy atom. The molecule has 0 spiro atoms. The van der Waals surface area contributed by atoms with Gasteiger partial charge in [-0.3, -0.25) is 4.79 Å². The molecule has 2 aromatic carbocycles. The van der Waals surface area contributed by atoms with E-state index in [9.17, 15) is 9.18 Å². The summed E-state index contributed by atoms with van der Waals surface area (Å²) in [5.74, 6) is -0.787. The lowest BCUT2D eigenvalue weighted by molar-refractivity contribution is 0.102. The van der Waals surface area contributed by atoms with Gasteiger partial charge in [0.2, 0.25) is 0 Å². The molecule has 0 saturated carbocycles. The van der Waals surface area contributed by atoms with E-state index < -0.39 is 5.82 Å². The number of carbonyl (C=O) groups excluding carboxylic acids is 1. The molecule has 0 atom stereocenters. The molecule has 0 bridgehead atoms. The lowest BCUT2D eigenvalue weighted by Gasteiger charge is -2.07. The van der Waals surface area contributed by atoms with Crippen molar-refractivity contribution in [2.75, 3.05) is 5.32 Å². The second kappa shape index (κ2) is 5.79. The Balaban J connectivity index is 2.24. The summed E-state index contributed by atoms with van der Waals surface area (Å²) in [6, 6.07) is 11.7. The van der Waals surface area contributed by atoms with Gasteiger partial charge in [-0.1, -0.05) is 12.1 Å². The summed E-state index contributed by atoms with van der Waals surface area (Å²) >= 11 is 5.30. The molecule has 0 aliphatic carbocycles. The number of hydrogen-bond acceptors (Lipinski definition) is 1. The van der Waals surface area contributed by atoms with Gasteiger partial charge in [-0.2, -0.15) is 0 Å². The summed E-state index contributed by atoms with van der Waals surface area (Å²) in [7, 11) is 0. The molecule has 0 fully saturated rings. The van der Waals surface area contributed by atoms with Crippen molar-refractivity contribution >= 4 is 50.1 Å². The lowest BCUT2D eigenvalue weighted by Crippen LogP contribution is -2.13. The molecular formula is C13H8BrFINO. The highest BCUT2D eigenvalue weighted by Crippen LogP contribution is 2.20. The molecule has 18 heavy (non-hydrogen) atoms. The molecule has 2 nitrogen and oxygen atoms in total. The normalized spacial score (nSPS) is 10.2. The smallest absolute Gasteiger partial charge is 0.256 e. The van der Waals surface area contributed by atoms with Crippen LogP contribution < -0.4 is 5.32 Å². The number of anilines is 1. The van der Waals surface area contributed by atoms with Gasteiger partial charge < -0.3 is 5.32 Å². The summed E-state index contributed by atoms with van der Waals surface area (Å²) < 4.78 is 15.1. The maximum Gasteiger partial charge on any atom is 0.256 e. The van der Waals surface area contributed by atoms with E-state index in [1.54, 1.807) is 30.3 Å². The number of amides is 1. The predicted octanol–water partition coefficient (Wildman–Crippen LogP) is 4.45. The second-order valence-corrected chi connectivity index (χ2v) is 5.66. The van der Waals surface area contributed by atoms with E-state index in [1.165, 1.54) is 6.07 Å². The SMILES string of the molecule is O=C(Nc1ccc(I)cc1F)c1ccccc1Br. The molecule has 0 unspecified atom stereocenters. The monoisotopic (exact) mass is 419 g/mol. The molecule has 1 amide bonds. The number of rotatable bonds is 2. The Hall–Kier alpha value is -0.950. The van der Waals surface area contributed by atoms with Crippen LogP contribution in [0.15, 0.2) is 46.9 Å². The Labute approximate surface area is 126 Å². The summed E-state index contributed by atoms with van der Waals surface area (Å²) in [5, 5.41) is 2.55. The van der Waals surface area contributed by atoms with E-state index in [-0.39, 0.29) is 11.6 Å². The van der Waals surface area contributed by atoms with Gasteiger partial charge >= 0.3 is 0 Å².